The highest BCUT2D eigenvalue weighted by atomic mass is 32.2. The van der Waals surface area contributed by atoms with Gasteiger partial charge in [-0.05, 0) is 24.5 Å². The molecule has 1 aliphatic carbocycles. The number of thioether (sulfide) groups is 1. The molecule has 1 unspecified atom stereocenters. The molecule has 1 aliphatic heterocycles. The Hall–Kier alpha value is -1.27. The van der Waals surface area contributed by atoms with E-state index in [1.807, 2.05) is 17.8 Å². The van der Waals surface area contributed by atoms with E-state index < -0.39 is 0 Å². The van der Waals surface area contributed by atoms with Gasteiger partial charge in [-0.25, -0.2) is 0 Å². The lowest BCUT2D eigenvalue weighted by Gasteiger charge is -2.22. The van der Waals surface area contributed by atoms with Crippen LogP contribution in [-0.2, 0) is 0 Å². The molecule has 4 nitrogen and oxygen atoms in total. The number of nitrogens with one attached hydrogen (secondary N) is 2. The average Bonchev–Trinajstić information content (AvgIpc) is 3.23. The molecule has 0 saturated heterocycles. The Morgan fingerprint density at radius 3 is 2.91 bits per heavy atom. The molecule has 1 saturated carbocycles. The number of aromatic amines is 1. The second-order valence-electron chi connectivity index (χ2n) is 6.11. The molecule has 0 bridgehead atoms. The van der Waals surface area contributed by atoms with Gasteiger partial charge in [0.1, 0.15) is 0 Å². The highest BCUT2D eigenvalue weighted by Crippen LogP contribution is 2.48. The smallest absolute Gasteiger partial charge is 0.253 e. The van der Waals surface area contributed by atoms with Crippen molar-refractivity contribution < 1.29 is 4.79 Å². The summed E-state index contributed by atoms with van der Waals surface area (Å²) in [4.78, 5) is 13.7. The minimum absolute atomic E-state index is 0.0932. The first kappa shape index (κ1) is 14.3. The molecular formula is C16H19N3OS2. The third kappa shape index (κ3) is 2.38. The summed E-state index contributed by atoms with van der Waals surface area (Å²) in [6, 6.07) is 2.00. The monoisotopic (exact) mass is 333 g/mol. The number of rotatable bonds is 3. The average molecular weight is 333 g/mol. The largest absolute Gasteiger partial charge is 0.351 e. The van der Waals surface area contributed by atoms with Crippen LogP contribution in [-0.4, -0.2) is 27.9 Å². The van der Waals surface area contributed by atoms with Crippen LogP contribution >= 0.6 is 23.1 Å². The van der Waals surface area contributed by atoms with E-state index in [1.165, 1.54) is 40.3 Å². The van der Waals surface area contributed by atoms with E-state index in [4.69, 9.17) is 0 Å². The fraction of sp³-hybridized carbons (Fsp3) is 0.500. The first-order valence-corrected chi connectivity index (χ1v) is 9.55. The number of thiophene rings is 1. The Bertz CT molecular complexity index is 687. The molecule has 22 heavy (non-hydrogen) atoms. The predicted molar refractivity (Wildman–Crippen MR) is 90.8 cm³/mol. The van der Waals surface area contributed by atoms with Gasteiger partial charge in [-0.2, -0.15) is 5.10 Å². The van der Waals surface area contributed by atoms with Gasteiger partial charge >= 0.3 is 0 Å². The van der Waals surface area contributed by atoms with Crippen LogP contribution < -0.4 is 5.32 Å². The molecule has 1 amide bonds. The summed E-state index contributed by atoms with van der Waals surface area (Å²) < 4.78 is 1.19. The van der Waals surface area contributed by atoms with Gasteiger partial charge in [0, 0.05) is 23.9 Å². The Labute approximate surface area is 138 Å². The number of nitrogens with zero attached hydrogens (tertiary/aromatic N) is 1. The zero-order valence-electron chi connectivity index (χ0n) is 12.5. The van der Waals surface area contributed by atoms with Crippen molar-refractivity contribution in [3.63, 3.8) is 0 Å². The van der Waals surface area contributed by atoms with Crippen molar-refractivity contribution in [1.29, 1.82) is 0 Å². The molecule has 0 aromatic carbocycles. The molecule has 1 atom stereocenters. The van der Waals surface area contributed by atoms with E-state index >= 15 is 0 Å². The van der Waals surface area contributed by atoms with Gasteiger partial charge in [-0.1, -0.05) is 19.8 Å². The number of hydrogen-bond donors (Lipinski definition) is 2. The van der Waals surface area contributed by atoms with Crippen molar-refractivity contribution >= 4 is 29.0 Å². The summed E-state index contributed by atoms with van der Waals surface area (Å²) in [5.74, 6) is 0.441. The fourth-order valence-corrected chi connectivity index (χ4v) is 6.54. The van der Waals surface area contributed by atoms with Crippen LogP contribution in [0.4, 0.5) is 0 Å². The molecule has 1 fully saturated rings. The number of fused-ring (bicyclic) bond motifs is 1. The normalized spacial score (nSPS) is 21.9. The molecule has 6 heteroatoms. The summed E-state index contributed by atoms with van der Waals surface area (Å²) in [7, 11) is 0. The van der Waals surface area contributed by atoms with Crippen LogP contribution in [0.2, 0.25) is 0 Å². The molecule has 0 spiro atoms. The van der Waals surface area contributed by atoms with E-state index in [-0.39, 0.29) is 5.91 Å². The molecule has 2 N–H and O–H groups in total. The molecule has 116 valence electrons. The molecule has 2 aromatic heterocycles. The van der Waals surface area contributed by atoms with E-state index in [0.29, 0.717) is 11.2 Å². The second-order valence-corrected chi connectivity index (χ2v) is 8.70. The van der Waals surface area contributed by atoms with Crippen LogP contribution in [0.15, 0.2) is 16.5 Å². The minimum Gasteiger partial charge on any atom is -0.351 e. The molecule has 2 aromatic rings. The van der Waals surface area contributed by atoms with Crippen molar-refractivity contribution in [3.05, 3.63) is 23.4 Å². The first-order chi connectivity index (χ1) is 10.7. The predicted octanol–water partition coefficient (Wildman–Crippen LogP) is 4.02. The maximum atomic E-state index is 12.5. The fourth-order valence-electron chi connectivity index (χ4n) is 3.37. The van der Waals surface area contributed by atoms with E-state index in [2.05, 4.69) is 22.4 Å². The zero-order valence-corrected chi connectivity index (χ0v) is 14.1. The topological polar surface area (TPSA) is 57.8 Å². The summed E-state index contributed by atoms with van der Waals surface area (Å²) in [5.41, 5.74) is 3.16. The van der Waals surface area contributed by atoms with Crippen LogP contribution in [0, 0.1) is 0 Å². The number of hydrogen-bond acceptors (Lipinski definition) is 4. The van der Waals surface area contributed by atoms with Crippen molar-refractivity contribution in [2.45, 2.75) is 48.0 Å². The number of carbonyl (C=O) groups excluding carboxylic acids is 1. The number of carbonyl (C=O) groups is 1. The first-order valence-electron chi connectivity index (χ1n) is 7.85. The molecule has 2 aliphatic rings. The Morgan fingerprint density at radius 1 is 1.36 bits per heavy atom. The van der Waals surface area contributed by atoms with Gasteiger partial charge in [0.2, 0.25) is 0 Å². The van der Waals surface area contributed by atoms with Crippen LogP contribution in [0.25, 0.3) is 10.6 Å². The summed E-state index contributed by atoms with van der Waals surface area (Å²) in [5, 5.41) is 10.9. The molecule has 4 rings (SSSR count). The molecule has 0 radical (unpaired) electrons. The van der Waals surface area contributed by atoms with E-state index in [0.717, 1.165) is 17.8 Å². The SMILES string of the molecule is CC1CNC(=O)c2c(SC3CCCC3)sc(-c3ccn[nH]3)c21. The second kappa shape index (κ2) is 5.74. The minimum atomic E-state index is 0.0932. The zero-order chi connectivity index (χ0) is 15.1. The Morgan fingerprint density at radius 2 is 2.18 bits per heavy atom. The molecular weight excluding hydrogens is 314 g/mol. The van der Waals surface area contributed by atoms with E-state index in [9.17, 15) is 4.79 Å². The third-order valence-electron chi connectivity index (χ3n) is 4.52. The maximum Gasteiger partial charge on any atom is 0.253 e. The van der Waals surface area contributed by atoms with Gasteiger partial charge in [0.25, 0.3) is 5.91 Å². The van der Waals surface area contributed by atoms with Crippen molar-refractivity contribution in [3.8, 4) is 10.6 Å². The van der Waals surface area contributed by atoms with Gasteiger partial charge in [0.15, 0.2) is 0 Å². The maximum absolute atomic E-state index is 12.5. The van der Waals surface area contributed by atoms with E-state index in [1.54, 1.807) is 17.5 Å². The standard InChI is InChI=1S/C16H19N3OS2/c1-9-8-17-15(20)13-12(9)14(11-6-7-18-19-11)22-16(13)21-10-4-2-3-5-10/h6-7,9-10H,2-5,8H2,1H3,(H,17,20)(H,18,19). The van der Waals surface area contributed by atoms with Crippen LogP contribution in [0.1, 0.15) is 54.4 Å². The lowest BCUT2D eigenvalue weighted by atomic mass is 9.93. The highest BCUT2D eigenvalue weighted by molar-refractivity contribution is 8.01. The molecule has 3 heterocycles. The third-order valence-corrected chi connectivity index (χ3v) is 7.32. The number of H-pyrrole nitrogens is 1. The van der Waals surface area contributed by atoms with Crippen molar-refractivity contribution in [1.82, 2.24) is 15.5 Å². The highest BCUT2D eigenvalue weighted by Gasteiger charge is 2.33. The summed E-state index contributed by atoms with van der Waals surface area (Å²) in [6.45, 7) is 2.91. The van der Waals surface area contributed by atoms with Crippen LogP contribution in [0.5, 0.6) is 0 Å². The van der Waals surface area contributed by atoms with Crippen LogP contribution in [0.3, 0.4) is 0 Å². The van der Waals surface area contributed by atoms with Gasteiger partial charge in [0.05, 0.1) is 20.3 Å². The summed E-state index contributed by atoms with van der Waals surface area (Å²) >= 11 is 3.67. The lowest BCUT2D eigenvalue weighted by Crippen LogP contribution is -2.33. The lowest BCUT2D eigenvalue weighted by molar-refractivity contribution is 0.0939. The van der Waals surface area contributed by atoms with Gasteiger partial charge in [-0.15, -0.1) is 23.1 Å². The number of aromatic nitrogens is 2. The van der Waals surface area contributed by atoms with Crippen molar-refractivity contribution in [2.24, 2.45) is 0 Å². The van der Waals surface area contributed by atoms with Gasteiger partial charge < -0.3 is 5.32 Å². The van der Waals surface area contributed by atoms with Crippen molar-refractivity contribution in [2.75, 3.05) is 6.54 Å². The van der Waals surface area contributed by atoms with Gasteiger partial charge in [-0.3, -0.25) is 9.89 Å². The quantitative estimate of drug-likeness (QED) is 0.892. The number of amides is 1. The Balaban J connectivity index is 1.81. The Kier molecular flexibility index (Phi) is 3.74. The summed E-state index contributed by atoms with van der Waals surface area (Å²) in [6.07, 6.45) is 6.96.